The lowest BCUT2D eigenvalue weighted by Crippen LogP contribution is -2.32. The van der Waals surface area contributed by atoms with E-state index in [1.165, 1.54) is 28.6 Å². The van der Waals surface area contributed by atoms with Crippen LogP contribution < -0.4 is 5.32 Å². The average Bonchev–Trinajstić information content (AvgIpc) is 2.94. The zero-order valence-electron chi connectivity index (χ0n) is 15.1. The molecule has 26 heavy (non-hydrogen) atoms. The quantitative estimate of drug-likeness (QED) is 0.728. The first-order valence-electron chi connectivity index (χ1n) is 8.99. The number of sulfonamides is 1. The van der Waals surface area contributed by atoms with Gasteiger partial charge >= 0.3 is 5.97 Å². The molecule has 1 heterocycles. The predicted octanol–water partition coefficient (Wildman–Crippen LogP) is 1.93. The van der Waals surface area contributed by atoms with Crippen molar-refractivity contribution in [3.8, 4) is 0 Å². The van der Waals surface area contributed by atoms with E-state index in [1.54, 1.807) is 0 Å². The number of hydrogen-bond acceptors (Lipinski definition) is 5. The summed E-state index contributed by atoms with van der Waals surface area (Å²) in [5.41, 5.74) is 0.115. The van der Waals surface area contributed by atoms with Crippen molar-refractivity contribution in [3.63, 3.8) is 0 Å². The molecule has 1 fully saturated rings. The van der Waals surface area contributed by atoms with E-state index in [0.29, 0.717) is 19.6 Å². The number of nitrogens with zero attached hydrogens (tertiary/aromatic N) is 1. The second kappa shape index (κ2) is 9.68. The lowest BCUT2D eigenvalue weighted by molar-refractivity contribution is -0.124. The molecule has 1 saturated heterocycles. The molecule has 144 valence electrons. The van der Waals surface area contributed by atoms with Gasteiger partial charge in [-0.15, -0.1) is 0 Å². The lowest BCUT2D eigenvalue weighted by atomic mass is 10.2. The van der Waals surface area contributed by atoms with Crippen LogP contribution >= 0.6 is 0 Å². The first-order valence-corrected chi connectivity index (χ1v) is 10.4. The van der Waals surface area contributed by atoms with E-state index in [-0.39, 0.29) is 23.0 Å². The van der Waals surface area contributed by atoms with Crippen molar-refractivity contribution < 1.29 is 22.7 Å². The highest BCUT2D eigenvalue weighted by atomic mass is 32.2. The first kappa shape index (κ1) is 20.4. The van der Waals surface area contributed by atoms with Crippen LogP contribution in [0.2, 0.25) is 0 Å². The minimum Gasteiger partial charge on any atom is -0.452 e. The summed E-state index contributed by atoms with van der Waals surface area (Å²) in [6.07, 6.45) is 4.52. The van der Waals surface area contributed by atoms with Crippen molar-refractivity contribution in [2.45, 2.75) is 43.9 Å². The van der Waals surface area contributed by atoms with Crippen molar-refractivity contribution in [2.75, 3.05) is 26.2 Å². The van der Waals surface area contributed by atoms with E-state index in [9.17, 15) is 18.0 Å². The van der Waals surface area contributed by atoms with Gasteiger partial charge in [-0.2, -0.15) is 4.31 Å². The standard InChI is InChI=1S/C18H26N2O5S/c1-2-10-19-17(21)14-25-18(22)15-8-7-9-16(13-15)26(23,24)20-11-5-3-4-6-12-20/h7-9,13H,2-6,10-12,14H2,1H3,(H,19,21). The fourth-order valence-corrected chi connectivity index (χ4v) is 4.31. The van der Waals surface area contributed by atoms with Gasteiger partial charge in [0, 0.05) is 19.6 Å². The van der Waals surface area contributed by atoms with Gasteiger partial charge in [0.05, 0.1) is 10.5 Å². The number of carbonyl (C=O) groups excluding carboxylic acids is 2. The molecule has 0 bridgehead atoms. The van der Waals surface area contributed by atoms with Gasteiger partial charge in [-0.3, -0.25) is 4.79 Å². The maximum Gasteiger partial charge on any atom is 0.338 e. The van der Waals surface area contributed by atoms with E-state index < -0.39 is 16.0 Å². The molecule has 1 aromatic carbocycles. The second-order valence-corrected chi connectivity index (χ2v) is 8.21. The van der Waals surface area contributed by atoms with E-state index in [0.717, 1.165) is 32.1 Å². The van der Waals surface area contributed by atoms with Crippen LogP contribution in [-0.4, -0.2) is 50.8 Å². The van der Waals surface area contributed by atoms with Gasteiger partial charge in [0.15, 0.2) is 6.61 Å². The molecule has 0 aliphatic carbocycles. The van der Waals surface area contributed by atoms with E-state index >= 15 is 0 Å². The Morgan fingerprint density at radius 3 is 2.50 bits per heavy atom. The Bertz CT molecular complexity index is 725. The van der Waals surface area contributed by atoms with Gasteiger partial charge in [-0.25, -0.2) is 13.2 Å². The Morgan fingerprint density at radius 1 is 1.15 bits per heavy atom. The third-order valence-electron chi connectivity index (χ3n) is 4.18. The molecule has 1 aliphatic rings. The van der Waals surface area contributed by atoms with Gasteiger partial charge in [-0.05, 0) is 37.5 Å². The lowest BCUT2D eigenvalue weighted by Gasteiger charge is -2.20. The number of amides is 1. The van der Waals surface area contributed by atoms with Crippen LogP contribution in [0.4, 0.5) is 0 Å². The molecule has 0 radical (unpaired) electrons. The fourth-order valence-electron chi connectivity index (χ4n) is 2.74. The van der Waals surface area contributed by atoms with Crippen LogP contribution in [0.1, 0.15) is 49.4 Å². The van der Waals surface area contributed by atoms with Gasteiger partial charge < -0.3 is 10.1 Å². The van der Waals surface area contributed by atoms with Crippen LogP contribution in [0.15, 0.2) is 29.2 Å². The number of ether oxygens (including phenoxy) is 1. The fraction of sp³-hybridized carbons (Fsp3) is 0.556. The van der Waals surface area contributed by atoms with Crippen molar-refractivity contribution in [3.05, 3.63) is 29.8 Å². The van der Waals surface area contributed by atoms with E-state index in [2.05, 4.69) is 5.32 Å². The maximum atomic E-state index is 12.8. The summed E-state index contributed by atoms with van der Waals surface area (Å²) in [4.78, 5) is 23.7. The summed E-state index contributed by atoms with van der Waals surface area (Å²) in [5.74, 6) is -1.10. The monoisotopic (exact) mass is 382 g/mol. The molecule has 1 aliphatic heterocycles. The highest BCUT2D eigenvalue weighted by Gasteiger charge is 2.26. The van der Waals surface area contributed by atoms with Crippen molar-refractivity contribution in [2.24, 2.45) is 0 Å². The summed E-state index contributed by atoms with van der Waals surface area (Å²) >= 11 is 0. The highest BCUT2D eigenvalue weighted by Crippen LogP contribution is 2.21. The Balaban J connectivity index is 2.06. The van der Waals surface area contributed by atoms with Crippen LogP contribution in [0.25, 0.3) is 0 Å². The summed E-state index contributed by atoms with van der Waals surface area (Å²) in [5, 5.41) is 2.61. The van der Waals surface area contributed by atoms with Gasteiger partial charge in [0.1, 0.15) is 0 Å². The van der Waals surface area contributed by atoms with Gasteiger partial charge in [0.2, 0.25) is 10.0 Å². The second-order valence-electron chi connectivity index (χ2n) is 6.27. The number of benzene rings is 1. The SMILES string of the molecule is CCCNC(=O)COC(=O)c1cccc(S(=O)(=O)N2CCCCCC2)c1. The zero-order chi connectivity index (χ0) is 19.0. The van der Waals surface area contributed by atoms with E-state index in [4.69, 9.17) is 4.74 Å². The van der Waals surface area contributed by atoms with Crippen LogP contribution in [0, 0.1) is 0 Å². The highest BCUT2D eigenvalue weighted by molar-refractivity contribution is 7.89. The molecule has 0 aromatic heterocycles. The normalized spacial score (nSPS) is 15.9. The number of esters is 1. The molecule has 7 nitrogen and oxygen atoms in total. The molecule has 1 aromatic rings. The Kier molecular flexibility index (Phi) is 7.59. The molecule has 2 rings (SSSR count). The van der Waals surface area contributed by atoms with Gasteiger partial charge in [0.25, 0.3) is 5.91 Å². The third kappa shape index (κ3) is 5.54. The minimum absolute atomic E-state index is 0.0734. The first-order chi connectivity index (χ1) is 12.4. The summed E-state index contributed by atoms with van der Waals surface area (Å²) in [7, 11) is -3.64. The molecule has 1 N–H and O–H groups in total. The molecule has 1 amide bonds. The van der Waals surface area contributed by atoms with Crippen molar-refractivity contribution in [1.29, 1.82) is 0 Å². The number of hydrogen-bond donors (Lipinski definition) is 1. The van der Waals surface area contributed by atoms with Crippen LogP contribution in [0.5, 0.6) is 0 Å². The molecular formula is C18H26N2O5S. The molecular weight excluding hydrogens is 356 g/mol. The largest absolute Gasteiger partial charge is 0.452 e. The molecule has 0 atom stereocenters. The number of carbonyl (C=O) groups is 2. The molecule has 0 saturated carbocycles. The van der Waals surface area contributed by atoms with Crippen molar-refractivity contribution >= 4 is 21.9 Å². The van der Waals surface area contributed by atoms with Crippen LogP contribution in [-0.2, 0) is 19.6 Å². The summed E-state index contributed by atoms with van der Waals surface area (Å²) in [6.45, 7) is 3.04. The Morgan fingerprint density at radius 2 is 1.85 bits per heavy atom. The number of rotatable bonds is 7. The number of nitrogens with one attached hydrogen (secondary N) is 1. The smallest absolute Gasteiger partial charge is 0.338 e. The van der Waals surface area contributed by atoms with Crippen molar-refractivity contribution in [1.82, 2.24) is 9.62 Å². The third-order valence-corrected chi connectivity index (χ3v) is 6.07. The predicted molar refractivity (Wildman–Crippen MR) is 97.3 cm³/mol. The topological polar surface area (TPSA) is 92.8 Å². The molecule has 0 spiro atoms. The zero-order valence-corrected chi connectivity index (χ0v) is 15.9. The Labute approximate surface area is 154 Å². The maximum absolute atomic E-state index is 12.8. The Hall–Kier alpha value is -1.93. The average molecular weight is 382 g/mol. The molecule has 0 unspecified atom stereocenters. The summed E-state index contributed by atoms with van der Waals surface area (Å²) < 4.78 is 32.1. The minimum atomic E-state index is -3.64. The van der Waals surface area contributed by atoms with E-state index in [1.807, 2.05) is 6.92 Å². The molecule has 8 heteroatoms. The van der Waals surface area contributed by atoms with Gasteiger partial charge in [-0.1, -0.05) is 25.8 Å². The summed E-state index contributed by atoms with van der Waals surface area (Å²) in [6, 6.07) is 5.78. The van der Waals surface area contributed by atoms with Crippen LogP contribution in [0.3, 0.4) is 0 Å².